The Labute approximate surface area is 44.3 Å². The van der Waals surface area contributed by atoms with E-state index in [2.05, 4.69) is 11.9 Å². The Morgan fingerprint density at radius 2 is 2.00 bits per heavy atom. The average molecular weight is 97.2 g/mol. The fraction of sp³-hybridized carbons (Fsp3) is 1.00. The molecule has 1 aliphatic heterocycles. The molecule has 0 aromatic rings. The minimum Gasteiger partial charge on any atom is -0.300 e. The summed E-state index contributed by atoms with van der Waals surface area (Å²) in [6.45, 7) is 1.38. The van der Waals surface area contributed by atoms with Gasteiger partial charge in [0.15, 0.2) is 0 Å². The van der Waals surface area contributed by atoms with Gasteiger partial charge in [-0.25, -0.2) is 0 Å². The second-order valence-electron chi connectivity index (χ2n) is 2.84. The van der Waals surface area contributed by atoms with Crippen molar-refractivity contribution in [3.63, 3.8) is 0 Å². The van der Waals surface area contributed by atoms with Gasteiger partial charge >= 0.3 is 0 Å². The molecule has 1 heterocycles. The number of hydrogen-bond acceptors (Lipinski definition) is 1. The zero-order valence-electron chi connectivity index (χ0n) is 4.72. The Morgan fingerprint density at radius 1 is 1.43 bits per heavy atom. The molecule has 1 nitrogen and oxygen atoms in total. The van der Waals surface area contributed by atoms with Gasteiger partial charge in [-0.2, -0.15) is 0 Å². The van der Waals surface area contributed by atoms with Crippen LogP contribution in [0.2, 0.25) is 0 Å². The zero-order valence-corrected chi connectivity index (χ0v) is 4.72. The molecule has 1 heteroatoms. The van der Waals surface area contributed by atoms with E-state index in [-0.39, 0.29) is 0 Å². The van der Waals surface area contributed by atoms with Crippen LogP contribution in [0.1, 0.15) is 12.8 Å². The predicted octanol–water partition coefficient (Wildman–Crippen LogP) is 0.710. The summed E-state index contributed by atoms with van der Waals surface area (Å²) in [5.74, 6) is 1.12. The van der Waals surface area contributed by atoms with Crippen LogP contribution in [-0.2, 0) is 0 Å². The summed E-state index contributed by atoms with van der Waals surface area (Å²) in [4.78, 5) is 2.43. The largest absolute Gasteiger partial charge is 0.300 e. The topological polar surface area (TPSA) is 3.01 Å². The highest BCUT2D eigenvalue weighted by atomic mass is 15.3. The number of rotatable bonds is 1. The zero-order chi connectivity index (χ0) is 4.85. The molecule has 0 aromatic carbocycles. The van der Waals surface area contributed by atoms with E-state index in [9.17, 15) is 0 Å². The molecule has 0 radical (unpaired) electrons. The van der Waals surface area contributed by atoms with Crippen LogP contribution in [0.5, 0.6) is 0 Å². The third kappa shape index (κ3) is 0.556. The van der Waals surface area contributed by atoms with Crippen molar-refractivity contribution in [2.24, 2.45) is 5.92 Å². The van der Waals surface area contributed by atoms with Crippen molar-refractivity contribution in [1.82, 2.24) is 4.90 Å². The number of hydrogen-bond donors (Lipinski definition) is 0. The smallest absolute Gasteiger partial charge is 0.0249 e. The van der Waals surface area contributed by atoms with E-state index < -0.39 is 0 Å². The van der Waals surface area contributed by atoms with Gasteiger partial charge in [0.1, 0.15) is 0 Å². The summed E-state index contributed by atoms with van der Waals surface area (Å²) in [6.07, 6.45) is 3.02. The van der Waals surface area contributed by atoms with E-state index in [0.29, 0.717) is 0 Å². The van der Waals surface area contributed by atoms with Crippen LogP contribution in [0.4, 0.5) is 0 Å². The van der Waals surface area contributed by atoms with Crippen molar-refractivity contribution in [1.29, 1.82) is 0 Å². The normalized spacial score (nSPS) is 49.3. The van der Waals surface area contributed by atoms with Crippen molar-refractivity contribution < 1.29 is 0 Å². The standard InChI is InChI=1S/C6H11N/c1-7-4-6(7)5-2-3-5/h5-6H,2-4H2,1H3. The lowest BCUT2D eigenvalue weighted by Gasteiger charge is -1.86. The maximum absolute atomic E-state index is 2.43. The van der Waals surface area contributed by atoms with Gasteiger partial charge in [-0.05, 0) is 25.8 Å². The van der Waals surface area contributed by atoms with E-state index in [1.54, 1.807) is 0 Å². The molecule has 2 rings (SSSR count). The minimum atomic E-state index is 1.01. The number of likely N-dealkylation sites (N-methyl/N-ethyl adjacent to an activating group) is 1. The van der Waals surface area contributed by atoms with Crippen LogP contribution in [0.15, 0.2) is 0 Å². The molecule has 2 fully saturated rings. The van der Waals surface area contributed by atoms with Crippen molar-refractivity contribution in [3.8, 4) is 0 Å². The SMILES string of the molecule is CN1CC1C1CC1. The summed E-state index contributed by atoms with van der Waals surface area (Å²) in [7, 11) is 2.21. The molecule has 0 N–H and O–H groups in total. The molecule has 1 saturated carbocycles. The third-order valence-corrected chi connectivity index (χ3v) is 2.07. The van der Waals surface area contributed by atoms with Gasteiger partial charge in [0.25, 0.3) is 0 Å². The van der Waals surface area contributed by atoms with Crippen molar-refractivity contribution in [2.45, 2.75) is 18.9 Å². The third-order valence-electron chi connectivity index (χ3n) is 2.07. The van der Waals surface area contributed by atoms with Gasteiger partial charge in [0, 0.05) is 12.6 Å². The van der Waals surface area contributed by atoms with E-state index in [1.807, 2.05) is 0 Å². The van der Waals surface area contributed by atoms with Crippen molar-refractivity contribution in [2.75, 3.05) is 13.6 Å². The second kappa shape index (κ2) is 1.03. The quantitative estimate of drug-likeness (QED) is 0.435. The van der Waals surface area contributed by atoms with Crippen LogP contribution in [0.25, 0.3) is 0 Å². The molecular formula is C6H11N. The first-order valence-corrected chi connectivity index (χ1v) is 3.08. The first-order chi connectivity index (χ1) is 3.38. The molecular weight excluding hydrogens is 86.1 g/mol. The molecule has 0 spiro atoms. The summed E-state index contributed by atoms with van der Waals surface area (Å²) in [6, 6.07) is 1.01. The van der Waals surface area contributed by atoms with E-state index in [4.69, 9.17) is 0 Å². The van der Waals surface area contributed by atoms with E-state index in [1.165, 1.54) is 19.4 Å². The molecule has 40 valence electrons. The van der Waals surface area contributed by atoms with Crippen molar-refractivity contribution >= 4 is 0 Å². The van der Waals surface area contributed by atoms with Crippen LogP contribution < -0.4 is 0 Å². The van der Waals surface area contributed by atoms with Gasteiger partial charge in [-0.15, -0.1) is 0 Å². The van der Waals surface area contributed by atoms with Gasteiger partial charge < -0.3 is 4.90 Å². The van der Waals surface area contributed by atoms with Crippen LogP contribution >= 0.6 is 0 Å². The Bertz CT molecular complexity index is 86.2. The molecule has 0 amide bonds. The molecule has 0 bridgehead atoms. The Balaban J connectivity index is 1.88. The lowest BCUT2D eigenvalue weighted by Crippen LogP contribution is -1.94. The van der Waals surface area contributed by atoms with Crippen LogP contribution in [0, 0.1) is 5.92 Å². The highest BCUT2D eigenvalue weighted by Gasteiger charge is 2.42. The fourth-order valence-corrected chi connectivity index (χ4v) is 1.24. The summed E-state index contributed by atoms with van der Waals surface area (Å²) in [5, 5.41) is 0. The van der Waals surface area contributed by atoms with E-state index >= 15 is 0 Å². The highest BCUT2D eigenvalue weighted by molar-refractivity contribution is 4.98. The lowest BCUT2D eigenvalue weighted by molar-refractivity contribution is 0.576. The first kappa shape index (κ1) is 3.90. The molecule has 1 aliphatic carbocycles. The van der Waals surface area contributed by atoms with Crippen molar-refractivity contribution in [3.05, 3.63) is 0 Å². The van der Waals surface area contributed by atoms with Gasteiger partial charge in [-0.3, -0.25) is 0 Å². The predicted molar refractivity (Wildman–Crippen MR) is 29.1 cm³/mol. The van der Waals surface area contributed by atoms with Gasteiger partial charge in [-0.1, -0.05) is 0 Å². The summed E-state index contributed by atoms with van der Waals surface area (Å²) >= 11 is 0. The monoisotopic (exact) mass is 97.1 g/mol. The maximum Gasteiger partial charge on any atom is 0.0249 e. The maximum atomic E-state index is 2.43. The lowest BCUT2D eigenvalue weighted by atomic mass is 10.3. The van der Waals surface area contributed by atoms with Gasteiger partial charge in [0.05, 0.1) is 0 Å². The average Bonchev–Trinajstić information content (AvgIpc) is 2.23. The van der Waals surface area contributed by atoms with Gasteiger partial charge in [0.2, 0.25) is 0 Å². The number of nitrogens with zero attached hydrogens (tertiary/aromatic N) is 1. The fourth-order valence-electron chi connectivity index (χ4n) is 1.24. The summed E-state index contributed by atoms with van der Waals surface area (Å²) in [5.41, 5.74) is 0. The molecule has 2 aliphatic rings. The Morgan fingerprint density at radius 3 is 2.14 bits per heavy atom. The molecule has 2 atom stereocenters. The summed E-state index contributed by atoms with van der Waals surface area (Å²) < 4.78 is 0. The Hall–Kier alpha value is -0.0400. The molecule has 2 unspecified atom stereocenters. The Kier molecular flexibility index (Phi) is 0.571. The molecule has 0 aromatic heterocycles. The first-order valence-electron chi connectivity index (χ1n) is 3.08. The minimum absolute atomic E-state index is 1.01. The second-order valence-corrected chi connectivity index (χ2v) is 2.84. The van der Waals surface area contributed by atoms with Crippen LogP contribution in [-0.4, -0.2) is 24.5 Å². The van der Waals surface area contributed by atoms with Crippen LogP contribution in [0.3, 0.4) is 0 Å². The molecule has 7 heavy (non-hydrogen) atoms. The molecule has 1 saturated heterocycles. The highest BCUT2D eigenvalue weighted by Crippen LogP contribution is 2.40. The van der Waals surface area contributed by atoms with E-state index in [0.717, 1.165) is 12.0 Å².